The number of carbonyl (C=O) groups is 2. The van der Waals surface area contributed by atoms with Crippen LogP contribution in [0.25, 0.3) is 6.08 Å². The summed E-state index contributed by atoms with van der Waals surface area (Å²) >= 11 is 1.10. The minimum absolute atomic E-state index is 0.129. The number of hydrogen-bond acceptors (Lipinski definition) is 6. The van der Waals surface area contributed by atoms with E-state index in [2.05, 4.69) is 4.98 Å². The SMILES string of the molecule is CCOC(=O)c1sc(N(Cc2ccccc2)C(=O)/C=C/c2ccc(OC)c(F)c2)nc1C. The molecule has 6 nitrogen and oxygen atoms in total. The molecule has 2 aromatic carbocycles. The lowest BCUT2D eigenvalue weighted by atomic mass is 10.2. The smallest absolute Gasteiger partial charge is 0.350 e. The van der Waals surface area contributed by atoms with Gasteiger partial charge in [-0.25, -0.2) is 14.2 Å². The van der Waals surface area contributed by atoms with E-state index in [1.807, 2.05) is 30.3 Å². The maximum Gasteiger partial charge on any atom is 0.350 e. The van der Waals surface area contributed by atoms with E-state index in [9.17, 15) is 14.0 Å². The molecular formula is C24H23FN2O4S. The second-order valence-corrected chi connectivity index (χ2v) is 7.75. The first-order chi connectivity index (χ1) is 15.4. The van der Waals surface area contributed by atoms with Crippen molar-refractivity contribution in [1.82, 2.24) is 4.98 Å². The van der Waals surface area contributed by atoms with Crippen LogP contribution < -0.4 is 9.64 Å². The third-order valence-electron chi connectivity index (χ3n) is 4.52. The summed E-state index contributed by atoms with van der Waals surface area (Å²) < 4.78 is 24.0. The van der Waals surface area contributed by atoms with Crippen LogP contribution in [0.4, 0.5) is 9.52 Å². The van der Waals surface area contributed by atoms with E-state index < -0.39 is 11.8 Å². The number of benzene rings is 2. The van der Waals surface area contributed by atoms with Gasteiger partial charge in [-0.2, -0.15) is 0 Å². The lowest BCUT2D eigenvalue weighted by Crippen LogP contribution is -2.28. The van der Waals surface area contributed by atoms with Gasteiger partial charge in [-0.05, 0) is 43.2 Å². The second-order valence-electron chi connectivity index (χ2n) is 6.77. The van der Waals surface area contributed by atoms with Gasteiger partial charge < -0.3 is 9.47 Å². The van der Waals surface area contributed by atoms with Gasteiger partial charge in [0.1, 0.15) is 4.88 Å². The van der Waals surface area contributed by atoms with Crippen LogP contribution >= 0.6 is 11.3 Å². The van der Waals surface area contributed by atoms with E-state index in [1.165, 1.54) is 36.3 Å². The third-order valence-corrected chi connectivity index (χ3v) is 5.68. The molecule has 166 valence electrons. The lowest BCUT2D eigenvalue weighted by molar-refractivity contribution is -0.114. The van der Waals surface area contributed by atoms with Crippen LogP contribution in [0, 0.1) is 12.7 Å². The molecule has 1 amide bonds. The van der Waals surface area contributed by atoms with Crippen molar-refractivity contribution in [2.45, 2.75) is 20.4 Å². The van der Waals surface area contributed by atoms with Gasteiger partial charge in [0.2, 0.25) is 0 Å². The molecule has 32 heavy (non-hydrogen) atoms. The summed E-state index contributed by atoms with van der Waals surface area (Å²) in [6.07, 6.45) is 2.88. The van der Waals surface area contributed by atoms with Gasteiger partial charge in [0, 0.05) is 6.08 Å². The van der Waals surface area contributed by atoms with Crippen LogP contribution in [-0.2, 0) is 16.1 Å². The minimum atomic E-state index is -0.516. The summed E-state index contributed by atoms with van der Waals surface area (Å²) in [5, 5.41) is 0.380. The maximum absolute atomic E-state index is 14.0. The Labute approximate surface area is 189 Å². The number of aryl methyl sites for hydroxylation is 1. The Morgan fingerprint density at radius 2 is 1.94 bits per heavy atom. The van der Waals surface area contributed by atoms with Crippen LogP contribution in [0.15, 0.2) is 54.6 Å². The largest absolute Gasteiger partial charge is 0.494 e. The van der Waals surface area contributed by atoms with Crippen LogP contribution in [0.3, 0.4) is 0 Å². The average molecular weight is 455 g/mol. The van der Waals surface area contributed by atoms with Gasteiger partial charge in [-0.3, -0.25) is 9.69 Å². The fourth-order valence-corrected chi connectivity index (χ4v) is 3.90. The maximum atomic E-state index is 14.0. The van der Waals surface area contributed by atoms with Crippen molar-refractivity contribution in [3.63, 3.8) is 0 Å². The number of methoxy groups -OCH3 is 1. The molecule has 0 aliphatic rings. The normalized spacial score (nSPS) is 10.9. The van der Waals surface area contributed by atoms with Crippen molar-refractivity contribution in [3.8, 4) is 5.75 Å². The highest BCUT2D eigenvalue weighted by Gasteiger charge is 2.23. The van der Waals surface area contributed by atoms with Crippen molar-refractivity contribution in [1.29, 1.82) is 0 Å². The average Bonchev–Trinajstić information content (AvgIpc) is 3.18. The number of halogens is 1. The number of hydrogen-bond donors (Lipinski definition) is 0. The number of thiazole rings is 1. The number of esters is 1. The van der Waals surface area contributed by atoms with E-state index in [1.54, 1.807) is 19.9 Å². The zero-order valence-electron chi connectivity index (χ0n) is 18.0. The molecule has 0 spiro atoms. The Hall–Kier alpha value is -3.52. The highest BCUT2D eigenvalue weighted by atomic mass is 32.1. The summed E-state index contributed by atoms with van der Waals surface area (Å²) in [5.41, 5.74) is 1.91. The summed E-state index contributed by atoms with van der Waals surface area (Å²) in [7, 11) is 1.39. The first-order valence-electron chi connectivity index (χ1n) is 9.94. The molecule has 1 aromatic heterocycles. The van der Waals surface area contributed by atoms with Crippen molar-refractivity contribution < 1.29 is 23.5 Å². The molecule has 0 radical (unpaired) electrons. The van der Waals surface area contributed by atoms with Gasteiger partial charge in [0.25, 0.3) is 5.91 Å². The van der Waals surface area contributed by atoms with Gasteiger partial charge >= 0.3 is 5.97 Å². The van der Waals surface area contributed by atoms with Crippen LogP contribution in [-0.4, -0.2) is 30.6 Å². The number of aromatic nitrogens is 1. The molecule has 0 saturated carbocycles. The molecule has 1 heterocycles. The van der Waals surface area contributed by atoms with E-state index in [0.29, 0.717) is 21.3 Å². The predicted molar refractivity (Wildman–Crippen MR) is 122 cm³/mol. The summed E-state index contributed by atoms with van der Waals surface area (Å²) in [5.74, 6) is -1.21. The van der Waals surface area contributed by atoms with Crippen LogP contribution in [0.5, 0.6) is 5.75 Å². The summed E-state index contributed by atoms with van der Waals surface area (Å²) in [4.78, 5) is 31.6. The molecule has 0 aliphatic carbocycles. The molecule has 3 aromatic rings. The van der Waals surface area contributed by atoms with E-state index in [4.69, 9.17) is 9.47 Å². The van der Waals surface area contributed by atoms with Crippen molar-refractivity contribution in [2.75, 3.05) is 18.6 Å². The highest BCUT2D eigenvalue weighted by Crippen LogP contribution is 2.28. The number of ether oxygens (including phenoxy) is 2. The Morgan fingerprint density at radius 3 is 2.59 bits per heavy atom. The number of amides is 1. The third kappa shape index (κ3) is 5.59. The fourth-order valence-electron chi connectivity index (χ4n) is 2.93. The second kappa shape index (κ2) is 10.7. The number of nitrogens with zero attached hydrogens (tertiary/aromatic N) is 2. The van der Waals surface area contributed by atoms with Crippen molar-refractivity contribution in [3.05, 3.63) is 82.1 Å². The number of carbonyl (C=O) groups excluding carboxylic acids is 2. The molecule has 0 atom stereocenters. The Kier molecular flexibility index (Phi) is 7.72. The zero-order chi connectivity index (χ0) is 23.1. The Bertz CT molecular complexity index is 1130. The minimum Gasteiger partial charge on any atom is -0.494 e. The molecule has 0 saturated heterocycles. The first kappa shape index (κ1) is 23.1. The van der Waals surface area contributed by atoms with Gasteiger partial charge in [-0.15, -0.1) is 0 Å². The summed E-state index contributed by atoms with van der Waals surface area (Å²) in [6.45, 7) is 3.94. The standard InChI is InChI=1S/C24H23FN2O4S/c1-4-31-23(29)22-16(2)26-24(32-22)27(15-18-8-6-5-7-9-18)21(28)13-11-17-10-12-20(30-3)19(25)14-17/h5-14H,4,15H2,1-3H3/b13-11+. The summed E-state index contributed by atoms with van der Waals surface area (Å²) in [6, 6.07) is 13.9. The molecule has 0 unspecified atom stereocenters. The van der Waals surface area contributed by atoms with Gasteiger partial charge in [0.15, 0.2) is 16.7 Å². The van der Waals surface area contributed by atoms with Crippen molar-refractivity contribution >= 4 is 34.4 Å². The topological polar surface area (TPSA) is 68.7 Å². The van der Waals surface area contributed by atoms with Gasteiger partial charge in [0.05, 0.1) is 26.0 Å². The fraction of sp³-hybridized carbons (Fsp3) is 0.208. The number of anilines is 1. The number of rotatable bonds is 8. The van der Waals surface area contributed by atoms with E-state index in [0.717, 1.165) is 16.9 Å². The molecule has 0 aliphatic heterocycles. The van der Waals surface area contributed by atoms with E-state index in [-0.39, 0.29) is 24.8 Å². The van der Waals surface area contributed by atoms with E-state index >= 15 is 0 Å². The molecule has 8 heteroatoms. The predicted octanol–water partition coefficient (Wildman–Crippen LogP) is 5.02. The first-order valence-corrected chi connectivity index (χ1v) is 10.8. The monoisotopic (exact) mass is 454 g/mol. The lowest BCUT2D eigenvalue weighted by Gasteiger charge is -2.18. The van der Waals surface area contributed by atoms with Crippen LogP contribution in [0.2, 0.25) is 0 Å². The zero-order valence-corrected chi connectivity index (χ0v) is 18.8. The van der Waals surface area contributed by atoms with Crippen molar-refractivity contribution in [2.24, 2.45) is 0 Å². The molecular weight excluding hydrogens is 431 g/mol. The Morgan fingerprint density at radius 1 is 1.19 bits per heavy atom. The molecule has 0 bridgehead atoms. The van der Waals surface area contributed by atoms with Crippen LogP contribution in [0.1, 0.15) is 33.4 Å². The molecule has 0 N–H and O–H groups in total. The quantitative estimate of drug-likeness (QED) is 0.353. The molecule has 0 fully saturated rings. The highest BCUT2D eigenvalue weighted by molar-refractivity contribution is 7.17. The molecule has 3 rings (SSSR count). The van der Waals surface area contributed by atoms with Gasteiger partial charge in [-0.1, -0.05) is 47.7 Å². The Balaban J connectivity index is 1.90.